The summed E-state index contributed by atoms with van der Waals surface area (Å²) in [5, 5.41) is 4.03. The number of piperidine rings is 1. The lowest BCUT2D eigenvalue weighted by Gasteiger charge is -2.35. The van der Waals surface area contributed by atoms with Crippen LogP contribution in [0.4, 0.5) is 0 Å². The van der Waals surface area contributed by atoms with E-state index < -0.39 is 0 Å². The van der Waals surface area contributed by atoms with E-state index in [-0.39, 0.29) is 5.91 Å². The molecule has 0 N–H and O–H groups in total. The van der Waals surface area contributed by atoms with Crippen LogP contribution in [0.25, 0.3) is 0 Å². The van der Waals surface area contributed by atoms with E-state index in [1.165, 1.54) is 22.7 Å². The first-order chi connectivity index (χ1) is 15.1. The Morgan fingerprint density at radius 3 is 2.65 bits per heavy atom. The van der Waals surface area contributed by atoms with Crippen molar-refractivity contribution in [3.05, 3.63) is 76.1 Å². The Kier molecular flexibility index (Phi) is 7.04. The molecule has 1 fully saturated rings. The van der Waals surface area contributed by atoms with Gasteiger partial charge in [0.2, 0.25) is 0 Å². The molecule has 3 aromatic rings. The molecular weight excluding hydrogens is 406 g/mol. The minimum absolute atomic E-state index is 0.0266. The van der Waals surface area contributed by atoms with Crippen molar-refractivity contribution in [2.75, 3.05) is 19.6 Å². The Balaban J connectivity index is 1.40. The smallest absolute Gasteiger partial charge is 0.267 e. The van der Waals surface area contributed by atoms with Crippen molar-refractivity contribution in [1.82, 2.24) is 24.4 Å². The summed E-state index contributed by atoms with van der Waals surface area (Å²) in [5.74, 6) is 0.522. The van der Waals surface area contributed by atoms with Crippen molar-refractivity contribution in [1.29, 1.82) is 0 Å². The molecule has 0 atom stereocenters. The van der Waals surface area contributed by atoms with E-state index in [9.17, 15) is 4.79 Å². The van der Waals surface area contributed by atoms with Gasteiger partial charge in [-0.25, -0.2) is 0 Å². The van der Waals surface area contributed by atoms with Gasteiger partial charge in [-0.05, 0) is 80.0 Å². The first-order valence-electron chi connectivity index (χ1n) is 10.8. The molecule has 0 aliphatic carbocycles. The number of rotatable bonds is 7. The highest BCUT2D eigenvalue weighted by Crippen LogP contribution is 2.23. The molecule has 1 aliphatic rings. The molecule has 7 heteroatoms. The molecule has 0 unspecified atom stereocenters. The maximum Gasteiger partial charge on any atom is 0.267 e. The van der Waals surface area contributed by atoms with E-state index >= 15 is 0 Å². The van der Waals surface area contributed by atoms with E-state index in [1.54, 1.807) is 6.20 Å². The predicted molar refractivity (Wildman–Crippen MR) is 123 cm³/mol. The number of aryl methyl sites for hydroxylation is 2. The van der Waals surface area contributed by atoms with Gasteiger partial charge in [0, 0.05) is 32.0 Å². The average molecular weight is 436 g/mol. The van der Waals surface area contributed by atoms with Crippen LogP contribution in [0, 0.1) is 19.8 Å². The minimum atomic E-state index is 0.0266. The maximum absolute atomic E-state index is 13.3. The summed E-state index contributed by atoms with van der Waals surface area (Å²) >= 11 is 1.19. The normalized spacial score (nSPS) is 15.2. The topological polar surface area (TPSA) is 62.2 Å². The number of hydrogen-bond acceptors (Lipinski definition) is 6. The fourth-order valence-corrected chi connectivity index (χ4v) is 4.79. The zero-order chi connectivity index (χ0) is 21.6. The summed E-state index contributed by atoms with van der Waals surface area (Å²) in [4.78, 5) is 22.6. The van der Waals surface area contributed by atoms with Crippen LogP contribution in [0.1, 0.15) is 44.9 Å². The summed E-state index contributed by atoms with van der Waals surface area (Å²) in [6, 6.07) is 12.6. The van der Waals surface area contributed by atoms with Crippen LogP contribution < -0.4 is 0 Å². The van der Waals surface area contributed by atoms with Crippen LogP contribution in [0.15, 0.2) is 48.8 Å². The molecular formula is C24H29N5OS. The molecule has 0 radical (unpaired) electrons. The molecule has 3 heterocycles. The summed E-state index contributed by atoms with van der Waals surface area (Å²) in [7, 11) is 0. The molecule has 0 spiro atoms. The molecule has 1 aliphatic heterocycles. The van der Waals surface area contributed by atoms with Crippen LogP contribution in [-0.2, 0) is 13.1 Å². The van der Waals surface area contributed by atoms with Gasteiger partial charge in [0.1, 0.15) is 4.88 Å². The Morgan fingerprint density at radius 1 is 1.16 bits per heavy atom. The number of hydrogen-bond donors (Lipinski definition) is 0. The number of carbonyl (C=O) groups is 1. The van der Waals surface area contributed by atoms with Crippen molar-refractivity contribution in [2.45, 2.75) is 39.8 Å². The molecule has 6 nitrogen and oxygen atoms in total. The third-order valence-electron chi connectivity index (χ3n) is 6.07. The van der Waals surface area contributed by atoms with E-state index in [2.05, 4.69) is 50.7 Å². The molecule has 2 aromatic heterocycles. The molecule has 1 amide bonds. The lowest BCUT2D eigenvalue weighted by atomic mass is 9.95. The summed E-state index contributed by atoms with van der Waals surface area (Å²) in [6.07, 6.45) is 5.80. The van der Waals surface area contributed by atoms with Crippen LogP contribution in [0.3, 0.4) is 0 Å². The van der Waals surface area contributed by atoms with Crippen LogP contribution in [0.5, 0.6) is 0 Å². The zero-order valence-electron chi connectivity index (χ0n) is 18.2. The van der Waals surface area contributed by atoms with Crippen LogP contribution >= 0.6 is 11.5 Å². The summed E-state index contributed by atoms with van der Waals surface area (Å²) in [5.41, 5.74) is 4.51. The highest BCUT2D eigenvalue weighted by molar-refractivity contribution is 7.07. The quantitative estimate of drug-likeness (QED) is 0.559. The zero-order valence-corrected chi connectivity index (χ0v) is 19.0. The van der Waals surface area contributed by atoms with Crippen molar-refractivity contribution in [3.8, 4) is 0 Å². The molecule has 162 valence electrons. The Morgan fingerprint density at radius 2 is 1.97 bits per heavy atom. The number of aromatic nitrogens is 3. The SMILES string of the molecule is Cc1ccccc1CN1CCC(CN(Cc2cccnc2)C(=O)c2snnc2C)CC1. The molecule has 1 saturated heterocycles. The fraction of sp³-hybridized carbons (Fsp3) is 0.417. The molecule has 0 bridgehead atoms. The Bertz CT molecular complexity index is 998. The van der Waals surface area contributed by atoms with Crippen molar-refractivity contribution >= 4 is 17.4 Å². The Hall–Kier alpha value is -2.64. The third kappa shape index (κ3) is 5.54. The second kappa shape index (κ2) is 10.1. The number of carbonyl (C=O) groups excluding carboxylic acids is 1. The van der Waals surface area contributed by atoms with Gasteiger partial charge in [-0.3, -0.25) is 14.7 Å². The van der Waals surface area contributed by atoms with Crippen molar-refractivity contribution < 1.29 is 4.79 Å². The third-order valence-corrected chi connectivity index (χ3v) is 6.89. The van der Waals surface area contributed by atoms with Gasteiger partial charge in [0.05, 0.1) is 5.69 Å². The second-order valence-corrected chi connectivity index (χ2v) is 9.13. The van der Waals surface area contributed by atoms with Gasteiger partial charge < -0.3 is 4.90 Å². The molecule has 0 saturated carbocycles. The maximum atomic E-state index is 13.3. The highest BCUT2D eigenvalue weighted by Gasteiger charge is 2.26. The highest BCUT2D eigenvalue weighted by atomic mass is 32.1. The summed E-state index contributed by atoms with van der Waals surface area (Å²) in [6.45, 7) is 8.48. The second-order valence-electron chi connectivity index (χ2n) is 8.38. The van der Waals surface area contributed by atoms with Crippen molar-refractivity contribution in [2.24, 2.45) is 5.92 Å². The van der Waals surface area contributed by atoms with Gasteiger partial charge in [-0.2, -0.15) is 0 Å². The Labute approximate surface area is 188 Å². The van der Waals surface area contributed by atoms with Gasteiger partial charge in [-0.1, -0.05) is 34.8 Å². The number of nitrogens with zero attached hydrogens (tertiary/aromatic N) is 5. The van der Waals surface area contributed by atoms with Gasteiger partial charge >= 0.3 is 0 Å². The van der Waals surface area contributed by atoms with Gasteiger partial charge in [-0.15, -0.1) is 5.10 Å². The van der Waals surface area contributed by atoms with Crippen LogP contribution in [-0.4, -0.2) is 49.9 Å². The predicted octanol–water partition coefficient (Wildman–Crippen LogP) is 4.10. The summed E-state index contributed by atoms with van der Waals surface area (Å²) < 4.78 is 3.96. The number of benzene rings is 1. The van der Waals surface area contributed by atoms with E-state index in [1.807, 2.05) is 30.2 Å². The molecule has 1 aromatic carbocycles. The number of amides is 1. The fourth-order valence-electron chi connectivity index (χ4n) is 4.17. The monoisotopic (exact) mass is 435 g/mol. The average Bonchev–Trinajstić information content (AvgIpc) is 3.22. The lowest BCUT2D eigenvalue weighted by molar-refractivity contribution is 0.0675. The van der Waals surface area contributed by atoms with E-state index in [4.69, 9.17) is 0 Å². The lowest BCUT2D eigenvalue weighted by Crippen LogP contribution is -2.40. The van der Waals surface area contributed by atoms with E-state index in [0.717, 1.165) is 44.6 Å². The van der Waals surface area contributed by atoms with Crippen molar-refractivity contribution in [3.63, 3.8) is 0 Å². The standard InChI is InChI=1S/C24H29N5OS/c1-18-6-3-4-8-22(18)17-28-12-9-20(10-13-28)15-29(16-21-7-5-11-25-14-21)24(30)23-19(2)26-27-31-23/h3-8,11,14,20H,9-10,12-13,15-17H2,1-2H3. The number of likely N-dealkylation sites (tertiary alicyclic amines) is 1. The minimum Gasteiger partial charge on any atom is -0.333 e. The molecule has 4 rings (SSSR count). The largest absolute Gasteiger partial charge is 0.333 e. The van der Waals surface area contributed by atoms with Gasteiger partial charge in [0.15, 0.2) is 0 Å². The van der Waals surface area contributed by atoms with Crippen LogP contribution in [0.2, 0.25) is 0 Å². The van der Waals surface area contributed by atoms with Gasteiger partial charge in [0.25, 0.3) is 5.91 Å². The molecule has 31 heavy (non-hydrogen) atoms. The van der Waals surface area contributed by atoms with E-state index in [0.29, 0.717) is 23.0 Å². The number of pyridine rings is 1. The first kappa shape index (κ1) is 21.6. The first-order valence-corrected chi connectivity index (χ1v) is 11.6.